The highest BCUT2D eigenvalue weighted by Gasteiger charge is 2.40. The Hall–Kier alpha value is -1.52. The Balaban J connectivity index is 0.00000169. The number of nitrogens with zero attached hydrogens (tertiary/aromatic N) is 1. The van der Waals surface area contributed by atoms with E-state index in [2.05, 4.69) is 29.3 Å². The van der Waals surface area contributed by atoms with Gasteiger partial charge in [-0.3, -0.25) is 4.79 Å². The molecule has 0 spiro atoms. The highest BCUT2D eigenvalue weighted by atomic mass is 35.5. The number of benzene rings is 1. The maximum Gasteiger partial charge on any atom is 0.290 e. The molecule has 1 aromatic carbocycles. The van der Waals surface area contributed by atoms with Gasteiger partial charge in [-0.15, -0.1) is 12.4 Å². The molecule has 2 aliphatic heterocycles. The van der Waals surface area contributed by atoms with Gasteiger partial charge in [0.1, 0.15) is 5.58 Å². The van der Waals surface area contributed by atoms with Crippen molar-refractivity contribution in [3.05, 3.63) is 34.6 Å². The zero-order valence-corrected chi connectivity index (χ0v) is 15.3. The van der Waals surface area contributed by atoms with Crippen molar-refractivity contribution in [1.29, 1.82) is 0 Å². The summed E-state index contributed by atoms with van der Waals surface area (Å²) in [7, 11) is 0. The molecule has 2 atom stereocenters. The smallest absolute Gasteiger partial charge is 0.290 e. The fraction of sp³-hybridized carbons (Fsp3) is 0.526. The third kappa shape index (κ3) is 2.52. The van der Waals surface area contributed by atoms with Crippen molar-refractivity contribution in [1.82, 2.24) is 10.2 Å². The van der Waals surface area contributed by atoms with Gasteiger partial charge in [-0.2, -0.15) is 0 Å². The summed E-state index contributed by atoms with van der Waals surface area (Å²) in [5.74, 6) is 0.616. The lowest BCUT2D eigenvalue weighted by Gasteiger charge is -2.27. The molecule has 5 heteroatoms. The van der Waals surface area contributed by atoms with Crippen LogP contribution < -0.4 is 5.32 Å². The second-order valence-electron chi connectivity index (χ2n) is 7.05. The Morgan fingerprint density at radius 1 is 1.12 bits per heavy atom. The zero-order chi connectivity index (χ0) is 16.1. The molecule has 4 rings (SSSR count). The Labute approximate surface area is 149 Å². The van der Waals surface area contributed by atoms with Gasteiger partial charge in [-0.25, -0.2) is 0 Å². The highest BCUT2D eigenvalue weighted by Crippen LogP contribution is 2.35. The van der Waals surface area contributed by atoms with Crippen LogP contribution in [-0.4, -0.2) is 36.0 Å². The predicted molar refractivity (Wildman–Crippen MR) is 98.1 cm³/mol. The van der Waals surface area contributed by atoms with Gasteiger partial charge in [0, 0.05) is 29.6 Å². The number of nitrogens with one attached hydrogen (secondary N) is 1. The van der Waals surface area contributed by atoms with Crippen LogP contribution in [0.1, 0.15) is 46.5 Å². The van der Waals surface area contributed by atoms with Crippen molar-refractivity contribution in [2.24, 2.45) is 0 Å². The lowest BCUT2D eigenvalue weighted by atomic mass is 10.0. The molecule has 0 saturated carbocycles. The van der Waals surface area contributed by atoms with Crippen LogP contribution in [0.2, 0.25) is 0 Å². The van der Waals surface area contributed by atoms with Gasteiger partial charge >= 0.3 is 0 Å². The average molecular weight is 349 g/mol. The minimum Gasteiger partial charge on any atom is -0.450 e. The number of rotatable bonds is 1. The van der Waals surface area contributed by atoms with Crippen molar-refractivity contribution >= 4 is 29.3 Å². The first-order chi connectivity index (χ1) is 11.1. The molecular formula is C19H25ClN2O2. The first-order valence-electron chi connectivity index (χ1n) is 8.60. The van der Waals surface area contributed by atoms with Crippen LogP contribution in [-0.2, 0) is 0 Å². The van der Waals surface area contributed by atoms with Gasteiger partial charge in [0.25, 0.3) is 5.91 Å². The van der Waals surface area contributed by atoms with E-state index in [9.17, 15) is 4.79 Å². The molecule has 2 fully saturated rings. The summed E-state index contributed by atoms with van der Waals surface area (Å²) in [5, 5.41) is 4.56. The van der Waals surface area contributed by atoms with Gasteiger partial charge in [-0.05, 0) is 57.7 Å². The van der Waals surface area contributed by atoms with Crippen molar-refractivity contribution in [3.8, 4) is 0 Å². The summed E-state index contributed by atoms with van der Waals surface area (Å²) in [5.41, 5.74) is 4.12. The lowest BCUT2D eigenvalue weighted by Crippen LogP contribution is -2.42. The molecule has 1 aromatic heterocycles. The number of amides is 1. The highest BCUT2D eigenvalue weighted by molar-refractivity contribution is 6.01. The van der Waals surface area contributed by atoms with Gasteiger partial charge < -0.3 is 14.6 Å². The van der Waals surface area contributed by atoms with Crippen LogP contribution in [0.15, 0.2) is 16.5 Å². The third-order valence-corrected chi connectivity index (χ3v) is 5.57. The van der Waals surface area contributed by atoms with Crippen LogP contribution in [0.3, 0.4) is 0 Å². The van der Waals surface area contributed by atoms with Crippen LogP contribution in [0.25, 0.3) is 11.0 Å². The first kappa shape index (κ1) is 17.3. The summed E-state index contributed by atoms with van der Waals surface area (Å²) >= 11 is 0. The van der Waals surface area contributed by atoms with E-state index in [4.69, 9.17) is 4.42 Å². The fourth-order valence-corrected chi connectivity index (χ4v) is 4.31. The van der Waals surface area contributed by atoms with Crippen molar-refractivity contribution in [3.63, 3.8) is 0 Å². The minimum absolute atomic E-state index is 0. The maximum atomic E-state index is 13.2. The number of hydrogen-bond donors (Lipinski definition) is 1. The van der Waals surface area contributed by atoms with Crippen molar-refractivity contribution in [2.75, 3.05) is 13.1 Å². The summed E-state index contributed by atoms with van der Waals surface area (Å²) < 4.78 is 6.08. The van der Waals surface area contributed by atoms with E-state index in [1.54, 1.807) is 0 Å². The van der Waals surface area contributed by atoms with Gasteiger partial charge in [-0.1, -0.05) is 12.1 Å². The monoisotopic (exact) mass is 348 g/mol. The topological polar surface area (TPSA) is 45.5 Å². The Morgan fingerprint density at radius 2 is 1.83 bits per heavy atom. The number of hydrogen-bond acceptors (Lipinski definition) is 3. The van der Waals surface area contributed by atoms with Gasteiger partial charge in [0.15, 0.2) is 5.76 Å². The van der Waals surface area contributed by atoms with E-state index in [-0.39, 0.29) is 18.3 Å². The zero-order valence-electron chi connectivity index (χ0n) is 14.5. The normalized spacial score (nSPS) is 23.2. The number of aryl methyl sites for hydroxylation is 3. The predicted octanol–water partition coefficient (Wildman–Crippen LogP) is 3.75. The van der Waals surface area contributed by atoms with Gasteiger partial charge in [0.2, 0.25) is 0 Å². The van der Waals surface area contributed by atoms with E-state index < -0.39 is 0 Å². The lowest BCUT2D eigenvalue weighted by molar-refractivity contribution is 0.0649. The molecule has 2 saturated heterocycles. The van der Waals surface area contributed by atoms with E-state index in [1.807, 2.05) is 13.8 Å². The molecule has 0 radical (unpaired) electrons. The SMILES string of the molecule is Cc1ccc(C)c2c(C)c(C(=O)N3C4CCNCC3CC4)oc12.Cl. The minimum atomic E-state index is 0. The van der Waals surface area contributed by atoms with Crippen LogP contribution in [0.5, 0.6) is 0 Å². The molecule has 2 aliphatic rings. The standard InChI is InChI=1S/C19H24N2O2.ClH/c1-11-4-5-12(2)17-16(11)13(3)18(23-17)19(22)21-14-6-7-15(21)10-20-9-8-14;/h4-5,14-15,20H,6-10H2,1-3H3;1H. The number of fused-ring (bicyclic) bond motifs is 3. The molecule has 4 nitrogen and oxygen atoms in total. The van der Waals surface area contributed by atoms with Crippen molar-refractivity contribution < 1.29 is 9.21 Å². The Bertz CT molecular complexity index is 769. The summed E-state index contributed by atoms with van der Waals surface area (Å²) in [6, 6.07) is 4.84. The van der Waals surface area contributed by atoms with E-state index >= 15 is 0 Å². The summed E-state index contributed by atoms with van der Waals surface area (Å²) in [6.07, 6.45) is 3.26. The molecule has 130 valence electrons. The number of furan rings is 1. The molecule has 24 heavy (non-hydrogen) atoms. The van der Waals surface area contributed by atoms with Crippen LogP contribution in [0.4, 0.5) is 0 Å². The Kier molecular flexibility index (Phi) is 4.63. The van der Waals surface area contributed by atoms with E-state index in [0.717, 1.165) is 54.4 Å². The molecular weight excluding hydrogens is 324 g/mol. The second-order valence-corrected chi connectivity index (χ2v) is 7.05. The van der Waals surface area contributed by atoms with Crippen LogP contribution in [0, 0.1) is 20.8 Å². The molecule has 0 aliphatic carbocycles. The van der Waals surface area contributed by atoms with Crippen LogP contribution >= 0.6 is 12.4 Å². The quantitative estimate of drug-likeness (QED) is 0.853. The maximum absolute atomic E-state index is 13.2. The number of carbonyl (C=O) groups is 1. The Morgan fingerprint density at radius 3 is 2.58 bits per heavy atom. The van der Waals surface area contributed by atoms with Crippen molar-refractivity contribution in [2.45, 2.75) is 52.1 Å². The summed E-state index contributed by atoms with van der Waals surface area (Å²) in [4.78, 5) is 15.3. The first-order valence-corrected chi connectivity index (χ1v) is 8.60. The molecule has 2 unspecified atom stereocenters. The van der Waals surface area contributed by atoms with E-state index in [1.165, 1.54) is 5.56 Å². The second kappa shape index (κ2) is 6.41. The fourth-order valence-electron chi connectivity index (χ4n) is 4.31. The molecule has 3 heterocycles. The largest absolute Gasteiger partial charge is 0.450 e. The number of carbonyl (C=O) groups excluding carboxylic acids is 1. The number of halogens is 1. The molecule has 2 aromatic rings. The molecule has 1 N–H and O–H groups in total. The average Bonchev–Trinajstić information content (AvgIpc) is 2.99. The third-order valence-electron chi connectivity index (χ3n) is 5.57. The summed E-state index contributed by atoms with van der Waals surface area (Å²) in [6.45, 7) is 8.04. The van der Waals surface area contributed by atoms with Gasteiger partial charge in [0.05, 0.1) is 0 Å². The van der Waals surface area contributed by atoms with E-state index in [0.29, 0.717) is 17.8 Å². The molecule has 2 bridgehead atoms. The molecule has 1 amide bonds.